The van der Waals surface area contributed by atoms with E-state index in [4.69, 9.17) is 14.0 Å². The van der Waals surface area contributed by atoms with Crippen LogP contribution in [0, 0.1) is 5.92 Å². The number of pyridine rings is 1. The predicted octanol–water partition coefficient (Wildman–Crippen LogP) is 3.33. The summed E-state index contributed by atoms with van der Waals surface area (Å²) in [7, 11) is 1.72. The summed E-state index contributed by atoms with van der Waals surface area (Å²) < 4.78 is 16.8. The van der Waals surface area contributed by atoms with Gasteiger partial charge in [-0.1, -0.05) is 23.4 Å². The number of methoxy groups -OCH3 is 1. The van der Waals surface area contributed by atoms with Crippen molar-refractivity contribution < 1.29 is 14.0 Å². The minimum absolute atomic E-state index is 0.313. The Bertz CT molecular complexity index is 1060. The van der Waals surface area contributed by atoms with Crippen molar-refractivity contribution in [2.24, 2.45) is 5.92 Å². The lowest BCUT2D eigenvalue weighted by molar-refractivity contribution is 0.0717. The minimum Gasteiger partial charge on any atom is -0.477 e. The summed E-state index contributed by atoms with van der Waals surface area (Å²) in [6, 6.07) is 13.1. The fourth-order valence-electron chi connectivity index (χ4n) is 5.09. The Kier molecular flexibility index (Phi) is 7.27. The highest BCUT2D eigenvalue weighted by atomic mass is 16.5. The number of nitrogens with zero attached hydrogens (tertiary/aromatic N) is 4. The van der Waals surface area contributed by atoms with Crippen molar-refractivity contribution in [2.75, 3.05) is 51.4 Å². The molecule has 34 heavy (non-hydrogen) atoms. The predicted molar refractivity (Wildman–Crippen MR) is 132 cm³/mol. The third-order valence-electron chi connectivity index (χ3n) is 7.00. The summed E-state index contributed by atoms with van der Waals surface area (Å²) in [6.45, 7) is 8.41. The van der Waals surface area contributed by atoms with Crippen LogP contribution in [0.4, 0.5) is 5.82 Å². The number of benzene rings is 1. The number of nitrogens with one attached hydrogen (secondary N) is 1. The molecule has 0 spiro atoms. The molecule has 1 N–H and O–H groups in total. The van der Waals surface area contributed by atoms with E-state index in [0.29, 0.717) is 30.5 Å². The molecule has 0 aliphatic carbocycles. The normalized spacial score (nSPS) is 22.0. The standard InChI is InChI=1S/C26H35N5O3/c1-19(17-32-2)27-13-20-8-10-25(28-14-20)33-18-21-7-9-22-16-31(12-11-30(22)15-21)26-23-5-3-4-6-24(23)34-29-26/h3-6,8,10,14,19,21-22,27H,7,9,11-13,15-18H2,1-2H3/t19?,21-,22+/m1/s1. The number of aromatic nitrogens is 2. The van der Waals surface area contributed by atoms with Gasteiger partial charge in [0.25, 0.3) is 0 Å². The van der Waals surface area contributed by atoms with E-state index in [1.807, 2.05) is 30.5 Å². The van der Waals surface area contributed by atoms with E-state index in [1.165, 1.54) is 12.8 Å². The third-order valence-corrected chi connectivity index (χ3v) is 7.00. The van der Waals surface area contributed by atoms with Gasteiger partial charge in [-0.25, -0.2) is 4.98 Å². The van der Waals surface area contributed by atoms with Gasteiger partial charge < -0.3 is 24.2 Å². The van der Waals surface area contributed by atoms with E-state index < -0.39 is 0 Å². The first-order valence-corrected chi connectivity index (χ1v) is 12.3. The van der Waals surface area contributed by atoms with Gasteiger partial charge in [0.2, 0.25) is 5.88 Å². The average Bonchev–Trinajstić information content (AvgIpc) is 3.31. The van der Waals surface area contributed by atoms with E-state index >= 15 is 0 Å². The van der Waals surface area contributed by atoms with Crippen molar-refractivity contribution >= 4 is 16.8 Å². The summed E-state index contributed by atoms with van der Waals surface area (Å²) in [4.78, 5) is 9.52. The highest BCUT2D eigenvalue weighted by Crippen LogP contribution is 2.31. The maximum atomic E-state index is 6.06. The van der Waals surface area contributed by atoms with Crippen LogP contribution in [0.15, 0.2) is 47.1 Å². The molecule has 2 saturated heterocycles. The molecular formula is C26H35N5O3. The van der Waals surface area contributed by atoms with Gasteiger partial charge in [0.15, 0.2) is 11.4 Å². The lowest BCUT2D eigenvalue weighted by atomic mass is 9.91. The van der Waals surface area contributed by atoms with Gasteiger partial charge in [0, 0.05) is 70.1 Å². The summed E-state index contributed by atoms with van der Waals surface area (Å²) in [5, 5.41) is 8.90. The average molecular weight is 466 g/mol. The highest BCUT2D eigenvalue weighted by molar-refractivity contribution is 5.88. The molecule has 182 valence electrons. The van der Waals surface area contributed by atoms with E-state index in [9.17, 15) is 0 Å². The lowest BCUT2D eigenvalue weighted by Gasteiger charge is -2.46. The molecule has 2 aromatic heterocycles. The zero-order valence-corrected chi connectivity index (χ0v) is 20.2. The number of para-hydroxylation sites is 1. The van der Waals surface area contributed by atoms with E-state index in [2.05, 4.69) is 44.3 Å². The second kappa shape index (κ2) is 10.7. The van der Waals surface area contributed by atoms with Crippen LogP contribution in [0.5, 0.6) is 5.88 Å². The van der Waals surface area contributed by atoms with Crippen molar-refractivity contribution in [2.45, 2.75) is 38.4 Å². The van der Waals surface area contributed by atoms with Crippen LogP contribution in [0.3, 0.4) is 0 Å². The number of fused-ring (bicyclic) bond motifs is 2. The summed E-state index contributed by atoms with van der Waals surface area (Å²) in [6.07, 6.45) is 4.25. The van der Waals surface area contributed by atoms with Gasteiger partial charge >= 0.3 is 0 Å². The summed E-state index contributed by atoms with van der Waals surface area (Å²) in [5.74, 6) is 2.23. The quantitative estimate of drug-likeness (QED) is 0.516. The van der Waals surface area contributed by atoms with Crippen molar-refractivity contribution in [3.05, 3.63) is 48.2 Å². The zero-order valence-electron chi connectivity index (χ0n) is 20.2. The van der Waals surface area contributed by atoms with E-state index in [-0.39, 0.29) is 0 Å². The first kappa shape index (κ1) is 23.1. The SMILES string of the molecule is COCC(C)NCc1ccc(OC[C@@H]2CC[C@H]3CN(c4noc5ccccc45)CCN3C2)nc1. The van der Waals surface area contributed by atoms with Crippen molar-refractivity contribution in [3.63, 3.8) is 0 Å². The van der Waals surface area contributed by atoms with Gasteiger partial charge in [0.1, 0.15) is 0 Å². The number of piperazine rings is 1. The Hall–Kier alpha value is -2.68. The topological polar surface area (TPSA) is 75.9 Å². The van der Waals surface area contributed by atoms with Crippen LogP contribution >= 0.6 is 0 Å². The monoisotopic (exact) mass is 465 g/mol. The molecule has 2 aliphatic heterocycles. The Morgan fingerprint density at radius 2 is 2.06 bits per heavy atom. The largest absolute Gasteiger partial charge is 0.477 e. The number of hydrogen-bond acceptors (Lipinski definition) is 8. The Morgan fingerprint density at radius 1 is 1.15 bits per heavy atom. The first-order chi connectivity index (χ1) is 16.7. The molecule has 2 fully saturated rings. The fraction of sp³-hybridized carbons (Fsp3) is 0.538. The molecule has 3 aromatic rings. The maximum Gasteiger partial charge on any atom is 0.213 e. The van der Waals surface area contributed by atoms with Gasteiger partial charge in [-0.05, 0) is 37.5 Å². The molecule has 1 unspecified atom stereocenters. The molecule has 0 radical (unpaired) electrons. The number of rotatable bonds is 9. The number of ether oxygens (including phenoxy) is 2. The second-order valence-corrected chi connectivity index (χ2v) is 9.59. The van der Waals surface area contributed by atoms with E-state index in [1.54, 1.807) is 7.11 Å². The van der Waals surface area contributed by atoms with Crippen molar-refractivity contribution in [3.8, 4) is 5.88 Å². The molecule has 0 bridgehead atoms. The summed E-state index contributed by atoms with van der Waals surface area (Å²) in [5.41, 5.74) is 2.01. The molecule has 8 nitrogen and oxygen atoms in total. The molecule has 4 heterocycles. The molecule has 0 saturated carbocycles. The van der Waals surface area contributed by atoms with Gasteiger partial charge in [-0.3, -0.25) is 4.90 Å². The third kappa shape index (κ3) is 5.35. The van der Waals surface area contributed by atoms with Gasteiger partial charge in [0.05, 0.1) is 18.6 Å². The highest BCUT2D eigenvalue weighted by Gasteiger charge is 2.34. The number of hydrogen-bond donors (Lipinski definition) is 1. The van der Waals surface area contributed by atoms with Crippen molar-refractivity contribution in [1.82, 2.24) is 20.4 Å². The first-order valence-electron chi connectivity index (χ1n) is 12.3. The Morgan fingerprint density at radius 3 is 2.91 bits per heavy atom. The molecule has 5 rings (SSSR count). The lowest BCUT2D eigenvalue weighted by Crippen LogP contribution is -2.57. The van der Waals surface area contributed by atoms with E-state index in [0.717, 1.165) is 61.7 Å². The molecule has 3 atom stereocenters. The van der Waals surface area contributed by atoms with Crippen LogP contribution in [0.25, 0.3) is 11.0 Å². The van der Waals surface area contributed by atoms with Crippen LogP contribution in [0.2, 0.25) is 0 Å². The smallest absolute Gasteiger partial charge is 0.213 e. The summed E-state index contributed by atoms with van der Waals surface area (Å²) >= 11 is 0. The number of piperidine rings is 1. The van der Waals surface area contributed by atoms with Crippen LogP contribution in [-0.2, 0) is 11.3 Å². The molecule has 8 heteroatoms. The molecule has 2 aliphatic rings. The second-order valence-electron chi connectivity index (χ2n) is 9.59. The van der Waals surface area contributed by atoms with Crippen LogP contribution < -0.4 is 15.0 Å². The molecule has 0 amide bonds. The van der Waals surface area contributed by atoms with Crippen LogP contribution in [0.1, 0.15) is 25.3 Å². The van der Waals surface area contributed by atoms with Crippen molar-refractivity contribution in [1.29, 1.82) is 0 Å². The maximum absolute atomic E-state index is 6.06. The Labute approximate surface area is 201 Å². The zero-order chi connectivity index (χ0) is 23.3. The van der Waals surface area contributed by atoms with Gasteiger partial charge in [-0.2, -0.15) is 0 Å². The minimum atomic E-state index is 0.313. The Balaban J connectivity index is 1.08. The number of anilines is 1. The van der Waals surface area contributed by atoms with Crippen LogP contribution in [-0.4, -0.2) is 73.6 Å². The van der Waals surface area contributed by atoms with Gasteiger partial charge in [-0.15, -0.1) is 0 Å². The molecule has 1 aromatic carbocycles. The fourth-order valence-corrected chi connectivity index (χ4v) is 5.09. The molecular weight excluding hydrogens is 430 g/mol.